The van der Waals surface area contributed by atoms with Crippen LogP contribution in [0.1, 0.15) is 33.3 Å². The number of carbonyl (C=O) groups excluding carboxylic acids is 1. The number of hydrogen-bond acceptors (Lipinski definition) is 7. The van der Waals surface area contributed by atoms with E-state index in [9.17, 15) is 14.9 Å². The van der Waals surface area contributed by atoms with Gasteiger partial charge in [-0.25, -0.2) is 0 Å². The molecule has 1 fully saturated rings. The summed E-state index contributed by atoms with van der Waals surface area (Å²) in [5.41, 5.74) is 1.11. The van der Waals surface area contributed by atoms with Gasteiger partial charge >= 0.3 is 0 Å². The largest absolute Gasteiger partial charge is 0.386 e. The van der Waals surface area contributed by atoms with Gasteiger partial charge in [0.25, 0.3) is 11.6 Å². The van der Waals surface area contributed by atoms with Gasteiger partial charge in [-0.3, -0.25) is 14.9 Å². The summed E-state index contributed by atoms with van der Waals surface area (Å²) in [6.45, 7) is 11.7. The van der Waals surface area contributed by atoms with Crippen molar-refractivity contribution in [3.63, 3.8) is 0 Å². The van der Waals surface area contributed by atoms with Crippen molar-refractivity contribution in [1.29, 1.82) is 0 Å². The highest BCUT2D eigenvalue weighted by molar-refractivity contribution is 5.83. The average Bonchev–Trinajstić information content (AvgIpc) is 2.70. The summed E-state index contributed by atoms with van der Waals surface area (Å²) in [5, 5.41) is 15.3. The maximum Gasteiger partial charge on any atom is 0.293 e. The lowest BCUT2D eigenvalue weighted by atomic mass is 10.1. The standard InChI is InChI=1S/C21H32N4O5/c1-16(2)13-24(14-17(3)4)21(26)15-30-22-12-18-5-6-19(20(11-18)25(27)28)23-7-9-29-10-8-23/h5-6,11-12,16-17H,7-10,13-15H2,1-4H3/b22-12-. The Kier molecular flexibility index (Phi) is 9.04. The summed E-state index contributed by atoms with van der Waals surface area (Å²) >= 11 is 0. The van der Waals surface area contributed by atoms with E-state index in [2.05, 4.69) is 32.9 Å². The van der Waals surface area contributed by atoms with Crippen molar-refractivity contribution in [2.24, 2.45) is 17.0 Å². The zero-order valence-corrected chi connectivity index (χ0v) is 18.2. The third-order valence-corrected chi connectivity index (χ3v) is 4.54. The van der Waals surface area contributed by atoms with Gasteiger partial charge in [0.2, 0.25) is 0 Å². The quantitative estimate of drug-likeness (QED) is 0.328. The fourth-order valence-corrected chi connectivity index (χ4v) is 3.28. The molecule has 1 aliphatic heterocycles. The second kappa shape index (κ2) is 11.5. The Labute approximate surface area is 177 Å². The number of carbonyl (C=O) groups is 1. The molecule has 1 heterocycles. The van der Waals surface area contributed by atoms with Crippen molar-refractivity contribution in [3.8, 4) is 0 Å². The summed E-state index contributed by atoms with van der Waals surface area (Å²) in [7, 11) is 0. The molecule has 0 aliphatic carbocycles. The van der Waals surface area contributed by atoms with Gasteiger partial charge in [-0.05, 0) is 17.9 Å². The molecular formula is C21H32N4O5. The molecule has 0 unspecified atom stereocenters. The smallest absolute Gasteiger partial charge is 0.293 e. The van der Waals surface area contributed by atoms with Gasteiger partial charge in [0.1, 0.15) is 5.69 Å². The van der Waals surface area contributed by atoms with E-state index in [0.717, 1.165) is 0 Å². The predicted molar refractivity (Wildman–Crippen MR) is 116 cm³/mol. The molecule has 30 heavy (non-hydrogen) atoms. The van der Waals surface area contributed by atoms with E-state index in [-0.39, 0.29) is 18.2 Å². The van der Waals surface area contributed by atoms with E-state index in [4.69, 9.17) is 9.57 Å². The fourth-order valence-electron chi connectivity index (χ4n) is 3.28. The van der Waals surface area contributed by atoms with Crippen molar-refractivity contribution < 1.29 is 19.3 Å². The van der Waals surface area contributed by atoms with Crippen LogP contribution in [0.3, 0.4) is 0 Å². The molecule has 0 atom stereocenters. The van der Waals surface area contributed by atoms with Crippen molar-refractivity contribution >= 4 is 23.5 Å². The number of rotatable bonds is 10. The maximum absolute atomic E-state index is 12.4. The van der Waals surface area contributed by atoms with E-state index < -0.39 is 4.92 Å². The lowest BCUT2D eigenvalue weighted by molar-refractivity contribution is -0.384. The summed E-state index contributed by atoms with van der Waals surface area (Å²) in [4.78, 5) is 32.4. The van der Waals surface area contributed by atoms with Crippen molar-refractivity contribution in [1.82, 2.24) is 4.90 Å². The van der Waals surface area contributed by atoms with Gasteiger partial charge < -0.3 is 19.4 Å². The Balaban J connectivity index is 1.99. The first-order chi connectivity index (χ1) is 14.3. The fraction of sp³-hybridized carbons (Fsp3) is 0.619. The first-order valence-electron chi connectivity index (χ1n) is 10.3. The molecule has 0 saturated carbocycles. The summed E-state index contributed by atoms with van der Waals surface area (Å²) in [6, 6.07) is 4.92. The molecule has 1 aromatic carbocycles. The van der Waals surface area contributed by atoms with Crippen LogP contribution in [0.4, 0.5) is 11.4 Å². The van der Waals surface area contributed by atoms with E-state index in [1.807, 2.05) is 4.90 Å². The maximum atomic E-state index is 12.4. The number of nitrogens with zero attached hydrogens (tertiary/aromatic N) is 4. The first-order valence-corrected chi connectivity index (χ1v) is 10.3. The number of ether oxygens (including phenoxy) is 1. The lowest BCUT2D eigenvalue weighted by Gasteiger charge is -2.28. The van der Waals surface area contributed by atoms with Crippen LogP contribution in [0.5, 0.6) is 0 Å². The summed E-state index contributed by atoms with van der Waals surface area (Å²) < 4.78 is 5.31. The minimum Gasteiger partial charge on any atom is -0.386 e. The molecular weight excluding hydrogens is 388 g/mol. The monoisotopic (exact) mass is 420 g/mol. The molecule has 166 valence electrons. The highest BCUT2D eigenvalue weighted by atomic mass is 16.6. The van der Waals surface area contributed by atoms with Crippen LogP contribution in [-0.2, 0) is 14.4 Å². The van der Waals surface area contributed by atoms with Crippen molar-refractivity contribution in [2.45, 2.75) is 27.7 Å². The Morgan fingerprint density at radius 2 is 1.90 bits per heavy atom. The lowest BCUT2D eigenvalue weighted by Crippen LogP contribution is -2.39. The minimum absolute atomic E-state index is 0.0111. The number of morpholine rings is 1. The number of hydrogen-bond donors (Lipinski definition) is 0. The number of amides is 1. The SMILES string of the molecule is CC(C)CN(CC(C)C)C(=O)CO/N=C\c1ccc(N2CCOCC2)c([N+](=O)[O-])c1. The van der Waals surface area contributed by atoms with Gasteiger partial charge in [-0.15, -0.1) is 0 Å². The molecule has 0 radical (unpaired) electrons. The van der Waals surface area contributed by atoms with Crippen LogP contribution in [0, 0.1) is 22.0 Å². The van der Waals surface area contributed by atoms with Crippen LogP contribution < -0.4 is 4.90 Å². The Morgan fingerprint density at radius 3 is 2.47 bits per heavy atom. The molecule has 0 spiro atoms. The highest BCUT2D eigenvalue weighted by Gasteiger charge is 2.21. The molecule has 0 bridgehead atoms. The van der Waals surface area contributed by atoms with Crippen molar-refractivity contribution in [3.05, 3.63) is 33.9 Å². The minimum atomic E-state index is -0.401. The topological polar surface area (TPSA) is 97.5 Å². The zero-order chi connectivity index (χ0) is 22.1. The molecule has 0 aromatic heterocycles. The van der Waals surface area contributed by atoms with Gasteiger partial charge in [0.05, 0.1) is 24.4 Å². The van der Waals surface area contributed by atoms with E-state index in [0.29, 0.717) is 62.5 Å². The number of benzene rings is 1. The van der Waals surface area contributed by atoms with Gasteiger partial charge in [-0.2, -0.15) is 0 Å². The van der Waals surface area contributed by atoms with Crippen LogP contribution in [0.25, 0.3) is 0 Å². The second-order valence-electron chi connectivity index (χ2n) is 8.20. The predicted octanol–water partition coefficient (Wildman–Crippen LogP) is 2.92. The molecule has 1 aromatic rings. The molecule has 9 nitrogen and oxygen atoms in total. The average molecular weight is 421 g/mol. The normalized spacial score (nSPS) is 14.5. The molecule has 9 heteroatoms. The summed E-state index contributed by atoms with van der Waals surface area (Å²) in [5.74, 6) is 0.603. The Bertz CT molecular complexity index is 735. The number of oxime groups is 1. The Hall–Kier alpha value is -2.68. The second-order valence-corrected chi connectivity index (χ2v) is 8.20. The molecule has 2 rings (SSSR count). The van der Waals surface area contributed by atoms with E-state index in [1.54, 1.807) is 17.0 Å². The molecule has 1 aliphatic rings. The molecule has 1 saturated heterocycles. The Morgan fingerprint density at radius 1 is 1.27 bits per heavy atom. The van der Waals surface area contributed by atoms with Gasteiger partial charge in [0, 0.05) is 37.8 Å². The van der Waals surface area contributed by atoms with Gasteiger partial charge in [-0.1, -0.05) is 38.9 Å². The highest BCUT2D eigenvalue weighted by Crippen LogP contribution is 2.29. The molecule has 0 N–H and O–H groups in total. The first kappa shape index (κ1) is 23.6. The zero-order valence-electron chi connectivity index (χ0n) is 18.2. The third-order valence-electron chi connectivity index (χ3n) is 4.54. The summed E-state index contributed by atoms with van der Waals surface area (Å²) in [6.07, 6.45) is 1.39. The van der Waals surface area contributed by atoms with Crippen molar-refractivity contribution in [2.75, 3.05) is 50.9 Å². The number of anilines is 1. The van der Waals surface area contributed by atoms with Gasteiger partial charge in [0.15, 0.2) is 6.61 Å². The third kappa shape index (κ3) is 7.29. The van der Waals surface area contributed by atoms with E-state index >= 15 is 0 Å². The van der Waals surface area contributed by atoms with E-state index in [1.165, 1.54) is 12.3 Å². The number of nitro benzene ring substituents is 1. The van der Waals surface area contributed by atoms with Crippen LogP contribution in [0.2, 0.25) is 0 Å². The number of nitro groups is 1. The van der Waals surface area contributed by atoms with Crippen LogP contribution >= 0.6 is 0 Å². The molecule has 1 amide bonds. The van der Waals surface area contributed by atoms with Crippen LogP contribution in [0.15, 0.2) is 23.4 Å². The van der Waals surface area contributed by atoms with Crippen LogP contribution in [-0.4, -0.2) is 67.9 Å².